The monoisotopic (exact) mass is 404 g/mol. The van der Waals surface area contributed by atoms with Crippen molar-refractivity contribution in [3.8, 4) is 11.5 Å². The summed E-state index contributed by atoms with van der Waals surface area (Å²) < 4.78 is 12.1. The lowest BCUT2D eigenvalue weighted by atomic mass is 10.0. The van der Waals surface area contributed by atoms with E-state index in [2.05, 4.69) is 32.0 Å². The van der Waals surface area contributed by atoms with Gasteiger partial charge in [0.15, 0.2) is 5.75 Å². The molecule has 166 valence electrons. The van der Waals surface area contributed by atoms with Gasteiger partial charge in [0.05, 0.1) is 13.2 Å². The first-order valence-electron chi connectivity index (χ1n) is 12.1. The molecule has 1 N–H and O–H groups in total. The molecule has 29 heavy (non-hydrogen) atoms. The molecule has 1 aromatic rings. The molecule has 0 fully saturated rings. The van der Waals surface area contributed by atoms with Crippen LogP contribution in [0.1, 0.15) is 110 Å². The van der Waals surface area contributed by atoms with Gasteiger partial charge in [-0.2, -0.15) is 5.11 Å². The molecule has 0 radical (unpaired) electrons. The van der Waals surface area contributed by atoms with Gasteiger partial charge < -0.3 is 9.47 Å². The van der Waals surface area contributed by atoms with Crippen molar-refractivity contribution in [2.45, 2.75) is 111 Å². The van der Waals surface area contributed by atoms with E-state index in [1.54, 1.807) is 0 Å². The van der Waals surface area contributed by atoms with Crippen molar-refractivity contribution in [2.24, 2.45) is 5.11 Å². The predicted octanol–water partition coefficient (Wildman–Crippen LogP) is 8.78. The largest absolute Gasteiger partial charge is 0.493 e. The topological polar surface area (TPSA) is 54.7 Å². The van der Waals surface area contributed by atoms with Gasteiger partial charge in [0.2, 0.25) is 0 Å². The Kier molecular flexibility index (Phi) is 15.2. The molecule has 4 heteroatoms. The standard InChI is InChI=1S/C25H44N2O2/c1-4-7-10-13-14-17-22-20-23(28-18-15-11-8-5-2)21-24(25(22)27-26)29-19-16-12-9-6-3/h20-21,26H,4-19H2,1-3H3. The average Bonchev–Trinajstić information content (AvgIpc) is 2.73. The van der Waals surface area contributed by atoms with Crippen molar-refractivity contribution in [3.05, 3.63) is 17.7 Å². The Labute approximate surface area is 179 Å². The van der Waals surface area contributed by atoms with Gasteiger partial charge in [-0.3, -0.25) is 0 Å². The second-order valence-electron chi connectivity index (χ2n) is 8.02. The van der Waals surface area contributed by atoms with Crippen molar-refractivity contribution < 1.29 is 9.47 Å². The Morgan fingerprint density at radius 1 is 0.690 bits per heavy atom. The van der Waals surface area contributed by atoms with Crippen LogP contribution in [0.2, 0.25) is 0 Å². The summed E-state index contributed by atoms with van der Waals surface area (Å²) in [7, 11) is 0. The lowest BCUT2D eigenvalue weighted by Gasteiger charge is -2.15. The molecule has 0 aromatic heterocycles. The highest BCUT2D eigenvalue weighted by atomic mass is 16.5. The van der Waals surface area contributed by atoms with Crippen molar-refractivity contribution in [1.82, 2.24) is 0 Å². The number of benzene rings is 1. The van der Waals surface area contributed by atoms with Gasteiger partial charge in [0.1, 0.15) is 11.4 Å². The van der Waals surface area contributed by atoms with Crippen LogP contribution in [-0.2, 0) is 6.42 Å². The van der Waals surface area contributed by atoms with Gasteiger partial charge in [0, 0.05) is 6.07 Å². The summed E-state index contributed by atoms with van der Waals surface area (Å²) in [5.74, 6) is 1.58. The lowest BCUT2D eigenvalue weighted by molar-refractivity contribution is 0.290. The second-order valence-corrected chi connectivity index (χ2v) is 8.02. The van der Waals surface area contributed by atoms with Crippen LogP contribution in [0.15, 0.2) is 17.2 Å². The first kappa shape index (κ1) is 25.5. The van der Waals surface area contributed by atoms with Crippen LogP contribution in [0.5, 0.6) is 11.5 Å². The highest BCUT2D eigenvalue weighted by molar-refractivity contribution is 5.60. The molecule has 0 atom stereocenters. The summed E-state index contributed by atoms with van der Waals surface area (Å²) in [6.07, 6.45) is 16.6. The molecule has 0 saturated heterocycles. The molecule has 1 rings (SSSR count). The van der Waals surface area contributed by atoms with Crippen molar-refractivity contribution in [1.29, 1.82) is 5.53 Å². The maximum Gasteiger partial charge on any atom is 0.150 e. The van der Waals surface area contributed by atoms with E-state index in [9.17, 15) is 0 Å². The van der Waals surface area contributed by atoms with Crippen molar-refractivity contribution >= 4 is 5.69 Å². The van der Waals surface area contributed by atoms with Gasteiger partial charge in [-0.1, -0.05) is 85.0 Å². The quantitative estimate of drug-likeness (QED) is 0.185. The highest BCUT2D eigenvalue weighted by Crippen LogP contribution is 2.37. The number of rotatable bonds is 19. The highest BCUT2D eigenvalue weighted by Gasteiger charge is 2.13. The molecule has 0 bridgehead atoms. The van der Waals surface area contributed by atoms with Crippen molar-refractivity contribution in [2.75, 3.05) is 13.2 Å². The van der Waals surface area contributed by atoms with Crippen LogP contribution >= 0.6 is 0 Å². The van der Waals surface area contributed by atoms with E-state index in [4.69, 9.17) is 15.0 Å². The minimum Gasteiger partial charge on any atom is -0.493 e. The Balaban J connectivity index is 2.77. The lowest BCUT2D eigenvalue weighted by Crippen LogP contribution is -2.02. The normalized spacial score (nSPS) is 10.9. The molecule has 0 amide bonds. The van der Waals surface area contributed by atoms with E-state index >= 15 is 0 Å². The number of unbranched alkanes of at least 4 members (excludes halogenated alkanes) is 10. The molecular formula is C25H44N2O2. The molecule has 1 aromatic carbocycles. The average molecular weight is 405 g/mol. The zero-order valence-corrected chi connectivity index (χ0v) is 19.2. The first-order valence-corrected chi connectivity index (χ1v) is 12.1. The van der Waals surface area contributed by atoms with Crippen molar-refractivity contribution in [3.63, 3.8) is 0 Å². The molecule has 0 aliphatic rings. The summed E-state index contributed by atoms with van der Waals surface area (Å²) in [6.45, 7) is 8.09. The second kappa shape index (κ2) is 17.3. The molecule has 0 heterocycles. The SMILES string of the molecule is CCCCCCCc1cc(OCCCCCC)cc(OCCCCCC)c1N=N. The molecular weight excluding hydrogens is 360 g/mol. The third kappa shape index (κ3) is 11.3. The number of hydrogen-bond acceptors (Lipinski definition) is 4. The van der Waals surface area contributed by atoms with Gasteiger partial charge in [-0.15, -0.1) is 0 Å². The van der Waals surface area contributed by atoms with Crippen LogP contribution in [0.4, 0.5) is 5.69 Å². The Bertz CT molecular complexity index is 511. The Morgan fingerprint density at radius 2 is 1.24 bits per heavy atom. The predicted molar refractivity (Wildman–Crippen MR) is 123 cm³/mol. The Morgan fingerprint density at radius 3 is 1.83 bits per heavy atom. The molecule has 0 saturated carbocycles. The Hall–Kier alpha value is -1.58. The van der Waals surface area contributed by atoms with Crippen LogP contribution in [0.25, 0.3) is 0 Å². The van der Waals surface area contributed by atoms with Crippen LogP contribution < -0.4 is 9.47 Å². The zero-order chi connectivity index (χ0) is 21.2. The molecule has 0 spiro atoms. The summed E-state index contributed by atoms with van der Waals surface area (Å²) >= 11 is 0. The van der Waals surface area contributed by atoms with Gasteiger partial charge in [0.25, 0.3) is 0 Å². The zero-order valence-electron chi connectivity index (χ0n) is 19.2. The molecule has 4 nitrogen and oxygen atoms in total. The smallest absolute Gasteiger partial charge is 0.150 e. The van der Waals surface area contributed by atoms with E-state index in [-0.39, 0.29) is 0 Å². The fourth-order valence-corrected chi connectivity index (χ4v) is 3.50. The van der Waals surface area contributed by atoms with Gasteiger partial charge in [-0.25, -0.2) is 5.53 Å². The maximum atomic E-state index is 7.71. The summed E-state index contributed by atoms with van der Waals surface area (Å²) in [4.78, 5) is 0. The molecule has 0 unspecified atom stereocenters. The summed E-state index contributed by atoms with van der Waals surface area (Å²) in [6, 6.07) is 4.02. The van der Waals surface area contributed by atoms with E-state index in [1.807, 2.05) is 6.07 Å². The molecule has 0 aliphatic carbocycles. The number of ether oxygens (including phenoxy) is 2. The van der Waals surface area contributed by atoms with E-state index in [1.165, 1.54) is 64.2 Å². The van der Waals surface area contributed by atoms with E-state index in [0.717, 1.165) is 43.6 Å². The number of nitrogens with zero attached hydrogens (tertiary/aromatic N) is 1. The van der Waals surface area contributed by atoms with Crippen LogP contribution in [0.3, 0.4) is 0 Å². The van der Waals surface area contributed by atoms with Gasteiger partial charge in [-0.05, 0) is 37.3 Å². The van der Waals surface area contributed by atoms with E-state index < -0.39 is 0 Å². The first-order chi connectivity index (χ1) is 14.3. The molecule has 0 aliphatic heterocycles. The summed E-state index contributed by atoms with van der Waals surface area (Å²) in [5, 5.41) is 3.83. The third-order valence-electron chi connectivity index (χ3n) is 5.31. The summed E-state index contributed by atoms with van der Waals surface area (Å²) in [5.41, 5.74) is 9.48. The number of nitrogens with one attached hydrogen (secondary N) is 1. The minimum atomic E-state index is 0.679. The fraction of sp³-hybridized carbons (Fsp3) is 0.760. The van der Waals surface area contributed by atoms with E-state index in [0.29, 0.717) is 18.0 Å². The number of aryl methyl sites for hydroxylation is 1. The minimum absolute atomic E-state index is 0.679. The number of hydrogen-bond donors (Lipinski definition) is 1. The van der Waals surface area contributed by atoms with Crippen LogP contribution in [-0.4, -0.2) is 13.2 Å². The van der Waals surface area contributed by atoms with Crippen LogP contribution in [0, 0.1) is 5.53 Å². The fourth-order valence-electron chi connectivity index (χ4n) is 3.50. The third-order valence-corrected chi connectivity index (χ3v) is 5.31. The van der Waals surface area contributed by atoms with Gasteiger partial charge >= 0.3 is 0 Å². The maximum absolute atomic E-state index is 7.71.